The molecule has 0 saturated carbocycles. The third-order valence-electron chi connectivity index (χ3n) is 4.03. The molecule has 0 spiro atoms. The Labute approximate surface area is 179 Å². The average molecular weight is 448 g/mol. The average Bonchev–Trinajstić information content (AvgIpc) is 3.28. The minimum Gasteiger partial charge on any atom is -0.491 e. The number of benzene rings is 2. The summed E-state index contributed by atoms with van der Waals surface area (Å²) >= 11 is 1.36. The molecule has 0 aliphatic rings. The van der Waals surface area contributed by atoms with Gasteiger partial charge in [-0.05, 0) is 31.2 Å². The number of hydrogen-bond acceptors (Lipinski definition) is 8. The van der Waals surface area contributed by atoms with E-state index in [1.807, 2.05) is 6.92 Å². The zero-order valence-electron chi connectivity index (χ0n) is 16.3. The molecule has 1 heterocycles. The van der Waals surface area contributed by atoms with Crippen molar-refractivity contribution in [3.8, 4) is 5.75 Å². The molecule has 2 aromatic carbocycles. The van der Waals surface area contributed by atoms with Gasteiger partial charge >= 0.3 is 0 Å². The lowest BCUT2D eigenvalue weighted by Gasteiger charge is -2.09. The highest BCUT2D eigenvalue weighted by Crippen LogP contribution is 2.17. The molecule has 0 saturated heterocycles. The molecule has 1 aromatic heterocycles. The summed E-state index contributed by atoms with van der Waals surface area (Å²) in [6.07, 6.45) is 0. The highest BCUT2D eigenvalue weighted by atomic mass is 32.2. The lowest BCUT2D eigenvalue weighted by atomic mass is 10.1. The van der Waals surface area contributed by atoms with E-state index < -0.39 is 10.1 Å². The van der Waals surface area contributed by atoms with Crippen molar-refractivity contribution in [1.82, 2.24) is 4.98 Å². The fraction of sp³-hybridized carbons (Fsp3) is 0.238. The Morgan fingerprint density at radius 2 is 1.80 bits per heavy atom. The summed E-state index contributed by atoms with van der Waals surface area (Å²) in [6.45, 7) is 2.39. The van der Waals surface area contributed by atoms with Crippen LogP contribution in [-0.4, -0.2) is 45.6 Å². The zero-order valence-corrected chi connectivity index (χ0v) is 17.9. The molecule has 158 valence electrons. The van der Waals surface area contributed by atoms with Gasteiger partial charge < -0.3 is 9.47 Å². The molecule has 0 aliphatic carbocycles. The van der Waals surface area contributed by atoms with Crippen LogP contribution in [-0.2, 0) is 19.0 Å². The van der Waals surface area contributed by atoms with E-state index >= 15 is 0 Å². The standard InChI is InChI=1S/C21H21NO6S2/c1-16-5-7-19(8-6-16)30(24,25)28-12-10-26-9-11-27-18-4-2-3-17(13-18)21(23)20-14-29-15-22-20/h2-8,13-15H,9-12H2,1H3. The molecule has 0 amide bonds. The Hall–Kier alpha value is -2.59. The summed E-state index contributed by atoms with van der Waals surface area (Å²) in [7, 11) is -3.79. The van der Waals surface area contributed by atoms with Gasteiger partial charge in [-0.15, -0.1) is 11.3 Å². The van der Waals surface area contributed by atoms with E-state index in [1.165, 1.54) is 23.5 Å². The number of aryl methyl sites for hydroxylation is 1. The fourth-order valence-electron chi connectivity index (χ4n) is 2.50. The van der Waals surface area contributed by atoms with Crippen molar-refractivity contribution < 1.29 is 26.9 Å². The maximum atomic E-state index is 12.3. The van der Waals surface area contributed by atoms with Gasteiger partial charge in [-0.2, -0.15) is 8.42 Å². The first-order valence-corrected chi connectivity index (χ1v) is 11.5. The van der Waals surface area contributed by atoms with Crippen molar-refractivity contribution in [3.63, 3.8) is 0 Å². The molecule has 3 aromatic rings. The Balaban J connectivity index is 1.37. The van der Waals surface area contributed by atoms with Crippen LogP contribution in [0.2, 0.25) is 0 Å². The van der Waals surface area contributed by atoms with Crippen LogP contribution in [0.15, 0.2) is 64.3 Å². The quantitative estimate of drug-likeness (QED) is 0.252. The third-order valence-corrected chi connectivity index (χ3v) is 5.95. The molecule has 0 fully saturated rings. The third kappa shape index (κ3) is 6.20. The fourth-order valence-corrected chi connectivity index (χ4v) is 3.92. The topological polar surface area (TPSA) is 91.8 Å². The van der Waals surface area contributed by atoms with Crippen LogP contribution in [0.4, 0.5) is 0 Å². The van der Waals surface area contributed by atoms with E-state index in [4.69, 9.17) is 13.7 Å². The van der Waals surface area contributed by atoms with Gasteiger partial charge in [0.1, 0.15) is 18.1 Å². The first kappa shape index (κ1) is 22.1. The van der Waals surface area contributed by atoms with E-state index in [0.717, 1.165) is 5.56 Å². The molecule has 0 bridgehead atoms. The molecule has 30 heavy (non-hydrogen) atoms. The first-order chi connectivity index (χ1) is 14.5. The molecule has 0 unspecified atom stereocenters. The van der Waals surface area contributed by atoms with Gasteiger partial charge in [0.05, 0.1) is 30.2 Å². The second-order valence-electron chi connectivity index (χ2n) is 6.28. The number of hydrogen-bond donors (Lipinski definition) is 0. The second kappa shape index (κ2) is 10.4. The highest BCUT2D eigenvalue weighted by molar-refractivity contribution is 7.86. The van der Waals surface area contributed by atoms with Crippen molar-refractivity contribution in [2.45, 2.75) is 11.8 Å². The largest absolute Gasteiger partial charge is 0.491 e. The van der Waals surface area contributed by atoms with E-state index in [0.29, 0.717) is 17.0 Å². The molecule has 9 heteroatoms. The predicted octanol–water partition coefficient (Wildman–Crippen LogP) is 3.48. The van der Waals surface area contributed by atoms with Crippen LogP contribution in [0.1, 0.15) is 21.6 Å². The van der Waals surface area contributed by atoms with Crippen molar-refractivity contribution in [2.75, 3.05) is 26.4 Å². The summed E-state index contributed by atoms with van der Waals surface area (Å²) in [5, 5.41) is 1.70. The lowest BCUT2D eigenvalue weighted by Crippen LogP contribution is -2.14. The van der Waals surface area contributed by atoms with Gasteiger partial charge in [-0.25, -0.2) is 4.98 Å². The number of ether oxygens (including phenoxy) is 2. The van der Waals surface area contributed by atoms with Gasteiger partial charge in [0.2, 0.25) is 5.78 Å². The van der Waals surface area contributed by atoms with Gasteiger partial charge in [0.15, 0.2) is 0 Å². The molecule has 3 rings (SSSR count). The maximum absolute atomic E-state index is 12.3. The molecule has 7 nitrogen and oxygen atoms in total. The number of rotatable bonds is 11. The Morgan fingerprint density at radius 1 is 1.03 bits per heavy atom. The van der Waals surface area contributed by atoms with Crippen LogP contribution in [0.5, 0.6) is 5.75 Å². The van der Waals surface area contributed by atoms with E-state index in [9.17, 15) is 13.2 Å². The van der Waals surface area contributed by atoms with Crippen LogP contribution >= 0.6 is 11.3 Å². The van der Waals surface area contributed by atoms with Crippen LogP contribution in [0, 0.1) is 6.92 Å². The van der Waals surface area contributed by atoms with Crippen LogP contribution in [0.25, 0.3) is 0 Å². The molecular weight excluding hydrogens is 426 g/mol. The minimum absolute atomic E-state index is 0.0894. The molecule has 0 aliphatic heterocycles. The Bertz CT molecular complexity index is 1060. The normalized spacial score (nSPS) is 11.4. The molecular formula is C21H21NO6S2. The van der Waals surface area contributed by atoms with Crippen molar-refractivity contribution in [3.05, 3.63) is 76.2 Å². The van der Waals surface area contributed by atoms with Crippen LogP contribution in [0.3, 0.4) is 0 Å². The Morgan fingerprint density at radius 3 is 2.53 bits per heavy atom. The zero-order chi connectivity index (χ0) is 21.4. The van der Waals surface area contributed by atoms with E-state index in [-0.39, 0.29) is 37.1 Å². The number of carbonyl (C=O) groups is 1. The maximum Gasteiger partial charge on any atom is 0.297 e. The summed E-state index contributed by atoms with van der Waals surface area (Å²) in [6, 6.07) is 13.3. The number of nitrogens with zero attached hydrogens (tertiary/aromatic N) is 1. The summed E-state index contributed by atoms with van der Waals surface area (Å²) in [5.74, 6) is 0.378. The number of aromatic nitrogens is 1. The van der Waals surface area contributed by atoms with Crippen LogP contribution < -0.4 is 4.74 Å². The summed E-state index contributed by atoms with van der Waals surface area (Å²) in [5.41, 5.74) is 3.48. The lowest BCUT2D eigenvalue weighted by molar-refractivity contribution is 0.0778. The monoisotopic (exact) mass is 447 g/mol. The van der Waals surface area contributed by atoms with Gasteiger partial charge in [-0.1, -0.05) is 29.8 Å². The second-order valence-corrected chi connectivity index (χ2v) is 8.61. The molecule has 0 radical (unpaired) electrons. The predicted molar refractivity (Wildman–Crippen MR) is 113 cm³/mol. The van der Waals surface area contributed by atoms with Gasteiger partial charge in [0.25, 0.3) is 10.1 Å². The van der Waals surface area contributed by atoms with Gasteiger partial charge in [-0.3, -0.25) is 8.98 Å². The highest BCUT2D eigenvalue weighted by Gasteiger charge is 2.14. The summed E-state index contributed by atoms with van der Waals surface area (Å²) < 4.78 is 40.0. The minimum atomic E-state index is -3.79. The van der Waals surface area contributed by atoms with Crippen molar-refractivity contribution in [2.24, 2.45) is 0 Å². The smallest absolute Gasteiger partial charge is 0.297 e. The first-order valence-electron chi connectivity index (χ1n) is 9.15. The summed E-state index contributed by atoms with van der Waals surface area (Å²) in [4.78, 5) is 16.4. The van der Waals surface area contributed by atoms with Crippen molar-refractivity contribution in [1.29, 1.82) is 0 Å². The number of carbonyl (C=O) groups excluding carboxylic acids is 1. The van der Waals surface area contributed by atoms with Crippen molar-refractivity contribution >= 4 is 27.2 Å². The van der Waals surface area contributed by atoms with E-state index in [2.05, 4.69) is 4.98 Å². The van der Waals surface area contributed by atoms with E-state index in [1.54, 1.807) is 47.3 Å². The number of ketones is 1. The molecule has 0 atom stereocenters. The Kier molecular flexibility index (Phi) is 7.69. The molecule has 0 N–H and O–H groups in total. The van der Waals surface area contributed by atoms with Gasteiger partial charge in [0, 0.05) is 10.9 Å². The SMILES string of the molecule is Cc1ccc(S(=O)(=O)OCCOCCOc2cccc(C(=O)c3cscn3)c2)cc1. The number of thiazole rings is 1.